The molecule has 0 bridgehead atoms. The number of H-pyrrole nitrogens is 1. The summed E-state index contributed by atoms with van der Waals surface area (Å²) < 4.78 is 13.5. The second-order valence-corrected chi connectivity index (χ2v) is 3.11. The van der Waals surface area contributed by atoms with Crippen LogP contribution in [0.5, 0.6) is 0 Å². The van der Waals surface area contributed by atoms with E-state index in [2.05, 4.69) is 15.2 Å². The van der Waals surface area contributed by atoms with E-state index >= 15 is 0 Å². The quantitative estimate of drug-likeness (QED) is 0.709. The molecule has 0 amide bonds. The zero-order valence-corrected chi connectivity index (χ0v) is 7.72. The second-order valence-electron chi connectivity index (χ2n) is 2.70. The third-order valence-corrected chi connectivity index (χ3v) is 2.00. The summed E-state index contributed by atoms with van der Waals surface area (Å²) >= 11 is 5.62. The Kier molecular flexibility index (Phi) is 2.09. The van der Waals surface area contributed by atoms with Crippen molar-refractivity contribution in [3.8, 4) is 11.4 Å². The SMILES string of the molecule is Nc1cc(Cl)c(F)c(-c2ncn[nH]2)c1. The lowest BCUT2D eigenvalue weighted by Crippen LogP contribution is -1.92. The Labute approximate surface area is 83.9 Å². The van der Waals surface area contributed by atoms with Crippen molar-refractivity contribution in [3.05, 3.63) is 29.3 Å². The monoisotopic (exact) mass is 212 g/mol. The fourth-order valence-corrected chi connectivity index (χ4v) is 1.35. The number of nitrogen functional groups attached to an aromatic ring is 1. The highest BCUT2D eigenvalue weighted by atomic mass is 35.5. The lowest BCUT2D eigenvalue weighted by molar-refractivity contribution is 0.630. The molecule has 0 fully saturated rings. The van der Waals surface area contributed by atoms with Crippen LogP contribution >= 0.6 is 11.6 Å². The average Bonchev–Trinajstić information content (AvgIpc) is 2.63. The van der Waals surface area contributed by atoms with E-state index < -0.39 is 5.82 Å². The summed E-state index contributed by atoms with van der Waals surface area (Å²) in [5.41, 5.74) is 6.11. The van der Waals surface area contributed by atoms with E-state index in [0.29, 0.717) is 11.5 Å². The first-order chi connectivity index (χ1) is 6.68. The molecule has 0 aliphatic carbocycles. The fourth-order valence-electron chi connectivity index (χ4n) is 1.12. The zero-order chi connectivity index (χ0) is 10.1. The predicted octanol–water partition coefficient (Wildman–Crippen LogP) is 1.85. The highest BCUT2D eigenvalue weighted by Crippen LogP contribution is 2.27. The van der Waals surface area contributed by atoms with Gasteiger partial charge in [0.2, 0.25) is 0 Å². The molecule has 0 unspecified atom stereocenters. The van der Waals surface area contributed by atoms with E-state index in [1.165, 1.54) is 18.5 Å². The van der Waals surface area contributed by atoms with Crippen molar-refractivity contribution in [2.75, 3.05) is 5.73 Å². The highest BCUT2D eigenvalue weighted by molar-refractivity contribution is 6.31. The molecular formula is C8H6ClFN4. The lowest BCUT2D eigenvalue weighted by atomic mass is 10.2. The molecule has 2 rings (SSSR count). The summed E-state index contributed by atoms with van der Waals surface area (Å²) in [5.74, 6) is -0.255. The third-order valence-electron chi connectivity index (χ3n) is 1.72. The van der Waals surface area contributed by atoms with Crippen molar-refractivity contribution < 1.29 is 4.39 Å². The van der Waals surface area contributed by atoms with Gasteiger partial charge < -0.3 is 5.73 Å². The van der Waals surface area contributed by atoms with Crippen LogP contribution in [0.3, 0.4) is 0 Å². The highest BCUT2D eigenvalue weighted by Gasteiger charge is 2.12. The van der Waals surface area contributed by atoms with Crippen molar-refractivity contribution in [1.82, 2.24) is 15.2 Å². The van der Waals surface area contributed by atoms with Crippen LogP contribution in [0, 0.1) is 5.82 Å². The maximum absolute atomic E-state index is 13.5. The zero-order valence-electron chi connectivity index (χ0n) is 6.96. The molecule has 3 N–H and O–H groups in total. The van der Waals surface area contributed by atoms with Crippen LogP contribution in [0.1, 0.15) is 0 Å². The topological polar surface area (TPSA) is 67.6 Å². The Morgan fingerprint density at radius 3 is 2.86 bits per heavy atom. The molecule has 6 heteroatoms. The van der Waals surface area contributed by atoms with Gasteiger partial charge in [0.25, 0.3) is 0 Å². The Bertz CT molecular complexity index is 455. The Morgan fingerprint density at radius 2 is 2.21 bits per heavy atom. The number of hydrogen-bond donors (Lipinski definition) is 2. The Balaban J connectivity index is 2.64. The molecule has 0 radical (unpaired) electrons. The second kappa shape index (κ2) is 3.26. The number of aromatic amines is 1. The van der Waals surface area contributed by atoms with Gasteiger partial charge in [-0.05, 0) is 12.1 Å². The molecule has 0 aliphatic rings. The number of rotatable bonds is 1. The summed E-state index contributed by atoms with van der Waals surface area (Å²) in [7, 11) is 0. The maximum atomic E-state index is 13.5. The lowest BCUT2D eigenvalue weighted by Gasteiger charge is -2.02. The maximum Gasteiger partial charge on any atom is 0.158 e. The first kappa shape index (κ1) is 8.96. The van der Waals surface area contributed by atoms with Gasteiger partial charge in [0, 0.05) is 5.69 Å². The fraction of sp³-hybridized carbons (Fsp3) is 0. The van der Waals surface area contributed by atoms with Gasteiger partial charge in [0.05, 0.1) is 10.6 Å². The van der Waals surface area contributed by atoms with E-state index in [1.807, 2.05) is 0 Å². The standard InChI is InChI=1S/C8H6ClFN4/c9-6-2-4(11)1-5(7(6)10)8-12-3-13-14-8/h1-3H,11H2,(H,12,13,14). The number of anilines is 1. The summed E-state index contributed by atoms with van der Waals surface area (Å²) in [6.07, 6.45) is 1.28. The Morgan fingerprint density at radius 1 is 1.43 bits per heavy atom. The van der Waals surface area contributed by atoms with Crippen molar-refractivity contribution >= 4 is 17.3 Å². The van der Waals surface area contributed by atoms with E-state index in [-0.39, 0.29) is 10.6 Å². The number of nitrogens with zero attached hydrogens (tertiary/aromatic N) is 2. The number of nitrogens with two attached hydrogens (primary N) is 1. The van der Waals surface area contributed by atoms with Crippen LogP contribution in [-0.4, -0.2) is 15.2 Å². The first-order valence-electron chi connectivity index (χ1n) is 3.78. The van der Waals surface area contributed by atoms with Gasteiger partial charge in [-0.3, -0.25) is 5.10 Å². The van der Waals surface area contributed by atoms with Gasteiger partial charge in [0.1, 0.15) is 6.33 Å². The summed E-state index contributed by atoms with van der Waals surface area (Å²) in [5, 5.41) is 6.11. The van der Waals surface area contributed by atoms with E-state index in [9.17, 15) is 4.39 Å². The number of hydrogen-bond acceptors (Lipinski definition) is 3. The molecule has 1 aromatic heterocycles. The van der Waals surface area contributed by atoms with Gasteiger partial charge >= 0.3 is 0 Å². The third kappa shape index (κ3) is 1.42. The molecule has 0 atom stereocenters. The van der Waals surface area contributed by atoms with Crippen LogP contribution < -0.4 is 5.73 Å². The van der Waals surface area contributed by atoms with Crippen LogP contribution in [0.4, 0.5) is 10.1 Å². The van der Waals surface area contributed by atoms with Gasteiger partial charge in [-0.2, -0.15) is 5.10 Å². The van der Waals surface area contributed by atoms with Crippen LogP contribution in [0.25, 0.3) is 11.4 Å². The summed E-state index contributed by atoms with van der Waals surface area (Å²) in [6.45, 7) is 0. The van der Waals surface area contributed by atoms with Crippen molar-refractivity contribution in [2.24, 2.45) is 0 Å². The van der Waals surface area contributed by atoms with Crippen LogP contribution in [-0.2, 0) is 0 Å². The predicted molar refractivity (Wildman–Crippen MR) is 51.2 cm³/mol. The summed E-state index contributed by atoms with van der Waals surface area (Å²) in [6, 6.07) is 2.79. The largest absolute Gasteiger partial charge is 0.399 e. The van der Waals surface area contributed by atoms with Gasteiger partial charge in [-0.15, -0.1) is 0 Å². The molecule has 0 saturated carbocycles. The summed E-state index contributed by atoms with van der Waals surface area (Å²) in [4.78, 5) is 3.81. The molecule has 72 valence electrons. The van der Waals surface area contributed by atoms with Crippen molar-refractivity contribution in [1.29, 1.82) is 0 Å². The van der Waals surface area contributed by atoms with Gasteiger partial charge in [0.15, 0.2) is 11.6 Å². The molecule has 0 spiro atoms. The minimum atomic E-state index is -0.558. The minimum Gasteiger partial charge on any atom is -0.399 e. The number of benzene rings is 1. The van der Waals surface area contributed by atoms with Gasteiger partial charge in [-0.25, -0.2) is 9.37 Å². The first-order valence-corrected chi connectivity index (χ1v) is 4.16. The van der Waals surface area contributed by atoms with Crippen LogP contribution in [0.15, 0.2) is 18.5 Å². The van der Waals surface area contributed by atoms with E-state index in [0.717, 1.165) is 0 Å². The average molecular weight is 213 g/mol. The smallest absolute Gasteiger partial charge is 0.158 e. The van der Waals surface area contributed by atoms with Crippen LogP contribution in [0.2, 0.25) is 5.02 Å². The number of nitrogens with one attached hydrogen (secondary N) is 1. The molecule has 0 saturated heterocycles. The van der Waals surface area contributed by atoms with E-state index in [1.54, 1.807) is 0 Å². The molecule has 14 heavy (non-hydrogen) atoms. The molecule has 2 aromatic rings. The molecule has 4 nitrogen and oxygen atoms in total. The molecular weight excluding hydrogens is 207 g/mol. The Hall–Kier alpha value is -1.62. The van der Waals surface area contributed by atoms with Crippen molar-refractivity contribution in [2.45, 2.75) is 0 Å². The van der Waals surface area contributed by atoms with E-state index in [4.69, 9.17) is 17.3 Å². The number of halogens is 2. The molecule has 0 aliphatic heterocycles. The molecule has 1 heterocycles. The molecule has 1 aromatic carbocycles. The normalized spacial score (nSPS) is 10.4. The van der Waals surface area contributed by atoms with Gasteiger partial charge in [-0.1, -0.05) is 11.6 Å². The number of aromatic nitrogens is 3. The minimum absolute atomic E-state index is 0.0311. The van der Waals surface area contributed by atoms with Crippen molar-refractivity contribution in [3.63, 3.8) is 0 Å².